The molecule has 0 aliphatic rings. The first-order chi connectivity index (χ1) is 17.2. The van der Waals surface area contributed by atoms with Crippen LogP contribution in [0.4, 0.5) is 0 Å². The van der Waals surface area contributed by atoms with Gasteiger partial charge in [0.2, 0.25) is 24.1 Å². The number of rotatable bonds is 15. The van der Waals surface area contributed by atoms with E-state index in [1.807, 2.05) is 0 Å². The maximum Gasteiger partial charge on any atom is 0.243 e. The molecule has 2 aromatic rings. The Hall–Kier alpha value is -4.12. The third kappa shape index (κ3) is 9.26. The van der Waals surface area contributed by atoms with Gasteiger partial charge >= 0.3 is 0 Å². The Labute approximate surface area is 209 Å². The lowest BCUT2D eigenvalue weighted by Crippen LogP contribution is -2.56. The molecule has 3 atom stereocenters. The fourth-order valence-electron chi connectivity index (χ4n) is 3.58. The molecule has 3 unspecified atom stereocenters. The Bertz CT molecular complexity index is 1010. The van der Waals surface area contributed by atoms with Gasteiger partial charge in [0.1, 0.15) is 29.6 Å². The van der Waals surface area contributed by atoms with Crippen LogP contribution in [0.3, 0.4) is 0 Å². The molecule has 11 nitrogen and oxygen atoms in total. The van der Waals surface area contributed by atoms with Crippen LogP contribution in [0, 0.1) is 0 Å². The molecular weight excluding hydrogens is 466 g/mol. The molecule has 0 aliphatic heterocycles. The van der Waals surface area contributed by atoms with Crippen molar-refractivity contribution in [1.82, 2.24) is 16.0 Å². The minimum atomic E-state index is -1.10. The molecule has 0 spiro atoms. The second-order valence-corrected chi connectivity index (χ2v) is 8.39. The molecule has 0 radical (unpaired) electrons. The summed E-state index contributed by atoms with van der Waals surface area (Å²) in [6, 6.07) is 9.21. The van der Waals surface area contributed by atoms with Crippen molar-refractivity contribution in [3.63, 3.8) is 0 Å². The van der Waals surface area contributed by atoms with Gasteiger partial charge in [0, 0.05) is 12.8 Å². The summed E-state index contributed by atoms with van der Waals surface area (Å²) in [6.45, 7) is 0.436. The van der Waals surface area contributed by atoms with Gasteiger partial charge in [-0.1, -0.05) is 24.3 Å². The first-order valence-electron chi connectivity index (χ1n) is 11.6. The number of phenolic OH excluding ortho intramolecular Hbond substituents is 2. The number of primary amides is 1. The fraction of sp³-hybridized carbons (Fsp3) is 0.360. The molecule has 11 heteroatoms. The van der Waals surface area contributed by atoms with Crippen LogP contribution in [0.5, 0.6) is 11.5 Å². The largest absolute Gasteiger partial charge is 0.508 e. The average Bonchev–Trinajstić information content (AvgIpc) is 2.85. The number of amides is 4. The van der Waals surface area contributed by atoms with E-state index >= 15 is 0 Å². The lowest BCUT2D eigenvalue weighted by atomic mass is 10.0. The van der Waals surface area contributed by atoms with Crippen LogP contribution in [0.1, 0.15) is 30.4 Å². The van der Waals surface area contributed by atoms with E-state index in [9.17, 15) is 29.4 Å². The van der Waals surface area contributed by atoms with Crippen LogP contribution in [-0.2, 0) is 32.0 Å². The molecule has 194 valence electrons. The van der Waals surface area contributed by atoms with Gasteiger partial charge in [0.15, 0.2) is 0 Å². The van der Waals surface area contributed by atoms with Crippen molar-refractivity contribution in [2.24, 2.45) is 11.5 Å². The van der Waals surface area contributed by atoms with Gasteiger partial charge in [-0.25, -0.2) is 0 Å². The number of benzene rings is 2. The summed E-state index contributed by atoms with van der Waals surface area (Å²) in [5.41, 5.74) is 12.3. The summed E-state index contributed by atoms with van der Waals surface area (Å²) in [4.78, 5) is 49.3. The number of aromatic hydroxyl groups is 2. The van der Waals surface area contributed by atoms with Crippen molar-refractivity contribution < 1.29 is 29.4 Å². The lowest BCUT2D eigenvalue weighted by molar-refractivity contribution is -0.132. The zero-order valence-electron chi connectivity index (χ0n) is 19.9. The maximum atomic E-state index is 13.1. The van der Waals surface area contributed by atoms with E-state index in [0.29, 0.717) is 43.3 Å². The second-order valence-electron chi connectivity index (χ2n) is 8.39. The van der Waals surface area contributed by atoms with E-state index in [1.54, 1.807) is 24.3 Å². The Balaban J connectivity index is 2.21. The summed E-state index contributed by atoms with van der Waals surface area (Å²) in [6.07, 6.45) is 2.09. The van der Waals surface area contributed by atoms with Crippen molar-refractivity contribution in [2.45, 2.75) is 50.2 Å². The van der Waals surface area contributed by atoms with Crippen LogP contribution in [-0.4, -0.2) is 59.0 Å². The van der Waals surface area contributed by atoms with Gasteiger partial charge < -0.3 is 37.6 Å². The molecular formula is C25H33N5O6. The van der Waals surface area contributed by atoms with Crippen molar-refractivity contribution in [1.29, 1.82) is 0 Å². The molecule has 9 N–H and O–H groups in total. The van der Waals surface area contributed by atoms with E-state index < -0.39 is 35.8 Å². The molecule has 0 bridgehead atoms. The molecule has 2 aromatic carbocycles. The average molecular weight is 500 g/mol. The van der Waals surface area contributed by atoms with Gasteiger partial charge in [0.25, 0.3) is 0 Å². The van der Waals surface area contributed by atoms with E-state index in [1.165, 1.54) is 24.3 Å². The first kappa shape index (κ1) is 28.1. The minimum Gasteiger partial charge on any atom is -0.508 e. The maximum absolute atomic E-state index is 13.1. The normalized spacial score (nSPS) is 13.1. The highest BCUT2D eigenvalue weighted by Gasteiger charge is 2.28. The number of hydrogen-bond donors (Lipinski definition) is 7. The quantitative estimate of drug-likeness (QED) is 0.128. The molecule has 36 heavy (non-hydrogen) atoms. The molecule has 0 fully saturated rings. The Kier molecular flexibility index (Phi) is 11.2. The summed E-state index contributed by atoms with van der Waals surface area (Å²) in [5, 5.41) is 26.7. The van der Waals surface area contributed by atoms with Crippen LogP contribution >= 0.6 is 0 Å². The van der Waals surface area contributed by atoms with Gasteiger partial charge in [-0.15, -0.1) is 0 Å². The number of nitrogens with one attached hydrogen (secondary N) is 3. The number of carbonyl (C=O) groups excluding carboxylic acids is 4. The van der Waals surface area contributed by atoms with Gasteiger partial charge in [-0.05, 0) is 61.2 Å². The number of carbonyl (C=O) groups is 4. The van der Waals surface area contributed by atoms with Crippen LogP contribution < -0.4 is 27.4 Å². The molecule has 2 rings (SSSR count). The van der Waals surface area contributed by atoms with Gasteiger partial charge in [0.05, 0.1) is 0 Å². The summed E-state index contributed by atoms with van der Waals surface area (Å²) >= 11 is 0. The Morgan fingerprint density at radius 3 is 1.72 bits per heavy atom. The Morgan fingerprint density at radius 2 is 1.25 bits per heavy atom. The van der Waals surface area contributed by atoms with Crippen molar-refractivity contribution in [3.05, 3.63) is 59.7 Å². The zero-order valence-corrected chi connectivity index (χ0v) is 19.9. The van der Waals surface area contributed by atoms with E-state index in [4.69, 9.17) is 11.5 Å². The predicted molar refractivity (Wildman–Crippen MR) is 133 cm³/mol. The first-order valence-corrected chi connectivity index (χ1v) is 11.6. The zero-order chi connectivity index (χ0) is 26.5. The third-order valence-electron chi connectivity index (χ3n) is 5.58. The minimum absolute atomic E-state index is 0.0432. The van der Waals surface area contributed by atoms with Crippen molar-refractivity contribution >= 4 is 24.1 Å². The third-order valence-corrected chi connectivity index (χ3v) is 5.58. The SMILES string of the molecule is NCCCCC(NC(=O)C(Cc1ccc(O)cc1)NC(=O)C(Cc1ccc(O)cc1)NC=O)C(N)=O. The highest BCUT2D eigenvalue weighted by molar-refractivity contribution is 5.93. The summed E-state index contributed by atoms with van der Waals surface area (Å²) < 4.78 is 0. The Morgan fingerprint density at radius 1 is 0.778 bits per heavy atom. The highest BCUT2D eigenvalue weighted by Crippen LogP contribution is 2.14. The molecule has 0 saturated carbocycles. The van der Waals surface area contributed by atoms with Crippen LogP contribution in [0.2, 0.25) is 0 Å². The standard InChI is InChI=1S/C25H33N5O6/c26-12-2-1-3-20(23(27)34)29-25(36)22(14-17-6-10-19(33)11-7-17)30-24(35)21(28-15-31)13-16-4-8-18(32)9-5-16/h4-11,15,20-22,32-33H,1-3,12-14,26H2,(H2,27,34)(H,28,31)(H,29,36)(H,30,35). The second kappa shape index (κ2) is 14.3. The predicted octanol–water partition coefficient (Wildman–Crippen LogP) is -0.418. The molecule has 0 heterocycles. The lowest BCUT2D eigenvalue weighted by Gasteiger charge is -2.24. The molecule has 0 saturated heterocycles. The van der Waals surface area contributed by atoms with E-state index in [2.05, 4.69) is 16.0 Å². The fourth-order valence-corrected chi connectivity index (χ4v) is 3.58. The molecule has 0 aliphatic carbocycles. The van der Waals surface area contributed by atoms with Crippen molar-refractivity contribution in [3.8, 4) is 11.5 Å². The van der Waals surface area contributed by atoms with Crippen molar-refractivity contribution in [2.75, 3.05) is 6.54 Å². The van der Waals surface area contributed by atoms with E-state index in [0.717, 1.165) is 0 Å². The smallest absolute Gasteiger partial charge is 0.243 e. The van der Waals surface area contributed by atoms with Gasteiger partial charge in [-0.3, -0.25) is 19.2 Å². The monoisotopic (exact) mass is 499 g/mol. The number of phenols is 2. The van der Waals surface area contributed by atoms with Crippen LogP contribution in [0.15, 0.2) is 48.5 Å². The van der Waals surface area contributed by atoms with Gasteiger partial charge in [-0.2, -0.15) is 0 Å². The van der Waals surface area contributed by atoms with E-state index in [-0.39, 0.29) is 24.3 Å². The number of hydrogen-bond acceptors (Lipinski definition) is 7. The summed E-state index contributed by atoms with van der Waals surface area (Å²) in [7, 11) is 0. The van der Waals surface area contributed by atoms with Crippen LogP contribution in [0.25, 0.3) is 0 Å². The topological polar surface area (TPSA) is 197 Å². The number of nitrogens with two attached hydrogens (primary N) is 2. The molecule has 0 aromatic heterocycles. The molecule has 4 amide bonds. The number of unbranched alkanes of at least 4 members (excludes halogenated alkanes) is 1. The highest BCUT2D eigenvalue weighted by atomic mass is 16.3. The summed E-state index contributed by atoms with van der Waals surface area (Å²) in [5.74, 6) is -1.84.